The molecule has 2 aromatic carbocycles. The van der Waals surface area contributed by atoms with Crippen molar-refractivity contribution in [1.29, 1.82) is 0 Å². The van der Waals surface area contributed by atoms with Gasteiger partial charge in [0.1, 0.15) is 0 Å². The maximum Gasteiger partial charge on any atom is 0.229 e. The highest BCUT2D eigenvalue weighted by molar-refractivity contribution is 7.95. The molecule has 4 heteroatoms. The topological polar surface area (TPSA) is 51.2 Å². The Labute approximate surface area is 149 Å². The second-order valence-electron chi connectivity index (χ2n) is 6.71. The third-order valence-corrected chi connectivity index (χ3v) is 7.34. The molecule has 0 saturated carbocycles. The Bertz CT molecular complexity index is 866. The van der Waals surface area contributed by atoms with Crippen LogP contribution in [0.1, 0.15) is 55.5 Å². The number of hydrogen-bond donors (Lipinski definition) is 0. The summed E-state index contributed by atoms with van der Waals surface area (Å²) in [4.78, 5) is 26.4. The smallest absolute Gasteiger partial charge is 0.229 e. The van der Waals surface area contributed by atoms with Crippen molar-refractivity contribution in [2.45, 2.75) is 41.5 Å². The van der Waals surface area contributed by atoms with Gasteiger partial charge in [0.15, 0.2) is 0 Å². The first-order valence-corrected chi connectivity index (χ1v) is 10.4. The first-order chi connectivity index (χ1) is 11.6. The first-order valence-electron chi connectivity index (χ1n) is 8.46. The highest BCUT2D eigenvalue weighted by Gasteiger charge is 2.41. The third kappa shape index (κ3) is 3.39. The van der Waals surface area contributed by atoms with Crippen molar-refractivity contribution < 1.29 is 14.2 Å². The number of rotatable bonds is 5. The van der Waals surface area contributed by atoms with E-state index >= 15 is 0 Å². The van der Waals surface area contributed by atoms with Crippen molar-refractivity contribution in [3.8, 4) is 0 Å². The maximum atomic E-state index is 13.6. The van der Waals surface area contributed by atoms with E-state index in [4.69, 9.17) is 0 Å². The predicted octanol–water partition coefficient (Wildman–Crippen LogP) is 5.59. The van der Waals surface area contributed by atoms with Crippen LogP contribution in [-0.4, -0.2) is 17.2 Å². The fraction of sp³-hybridized carbons (Fsp3) is 0.333. The molecule has 0 aromatic heterocycles. The minimum Gasteiger partial charge on any atom is -0.307 e. The number of benzene rings is 2. The molecule has 1 unspecified atom stereocenters. The number of carbonyl (C=O) groups is 2. The van der Waals surface area contributed by atoms with Crippen molar-refractivity contribution in [1.82, 2.24) is 0 Å². The van der Waals surface area contributed by atoms with E-state index in [-0.39, 0.29) is 6.16 Å². The zero-order valence-electron chi connectivity index (χ0n) is 15.8. The lowest BCUT2D eigenvalue weighted by molar-refractivity contribution is 0.103. The zero-order chi connectivity index (χ0) is 18.9. The lowest BCUT2D eigenvalue weighted by Gasteiger charge is -2.19. The molecule has 2 aromatic rings. The van der Waals surface area contributed by atoms with Crippen LogP contribution in [0.2, 0.25) is 0 Å². The fourth-order valence-electron chi connectivity index (χ4n) is 3.41. The van der Waals surface area contributed by atoms with Crippen molar-refractivity contribution >= 4 is 18.2 Å². The molecule has 132 valence electrons. The summed E-state index contributed by atoms with van der Waals surface area (Å²) >= 11 is 0. The minimum atomic E-state index is -3.73. The molecule has 0 bridgehead atoms. The lowest BCUT2D eigenvalue weighted by atomic mass is 10.0. The summed E-state index contributed by atoms with van der Waals surface area (Å²) in [6, 6.07) is 9.27. The van der Waals surface area contributed by atoms with E-state index in [2.05, 4.69) is 0 Å². The van der Waals surface area contributed by atoms with Gasteiger partial charge in [-0.25, -0.2) is 0 Å². The van der Waals surface area contributed by atoms with Gasteiger partial charge in [-0.1, -0.05) is 42.8 Å². The van der Waals surface area contributed by atoms with Gasteiger partial charge >= 0.3 is 0 Å². The Balaban J connectivity index is 2.63. The van der Waals surface area contributed by atoms with Crippen LogP contribution in [0.25, 0.3) is 0 Å². The third-order valence-electron chi connectivity index (χ3n) is 4.69. The molecule has 0 radical (unpaired) electrons. The summed E-state index contributed by atoms with van der Waals surface area (Å²) in [6.07, 6.45) is 0.0329. The van der Waals surface area contributed by atoms with E-state index < -0.39 is 18.2 Å². The molecule has 0 amide bonds. The molecule has 0 fully saturated rings. The Morgan fingerprint density at radius 3 is 1.60 bits per heavy atom. The Morgan fingerprint density at radius 1 is 0.800 bits per heavy atom. The van der Waals surface area contributed by atoms with E-state index in [1.807, 2.05) is 65.0 Å². The normalized spacial score (nSPS) is 13.4. The maximum absolute atomic E-state index is 13.6. The van der Waals surface area contributed by atoms with Crippen LogP contribution in [0.15, 0.2) is 30.3 Å². The van der Waals surface area contributed by atoms with Gasteiger partial charge in [-0.2, -0.15) is 0 Å². The minimum absolute atomic E-state index is 0.0329. The highest BCUT2D eigenvalue weighted by atomic mass is 31.2. The van der Waals surface area contributed by atoms with E-state index in [9.17, 15) is 14.2 Å². The summed E-state index contributed by atoms with van der Waals surface area (Å²) in [5, 5.41) is 0. The van der Waals surface area contributed by atoms with Crippen molar-refractivity contribution in [3.63, 3.8) is 0 Å². The average Bonchev–Trinajstić information content (AvgIpc) is 2.52. The van der Waals surface area contributed by atoms with Gasteiger partial charge in [0.2, 0.25) is 18.2 Å². The standard InChI is InChI=1S/C21H25O3P/c1-7-25(24,20(22)18-14(3)9-8-10-15(18)4)21(23)19-16(5)11-13(2)12-17(19)6/h8-12H,7H2,1-6H3. The van der Waals surface area contributed by atoms with Crippen molar-refractivity contribution in [3.05, 3.63) is 69.3 Å². The second kappa shape index (κ2) is 7.09. The van der Waals surface area contributed by atoms with Crippen molar-refractivity contribution in [2.24, 2.45) is 0 Å². The molecule has 2 rings (SSSR count). The van der Waals surface area contributed by atoms with Crippen LogP contribution < -0.4 is 0 Å². The SMILES string of the molecule is CCP(=O)(C(=O)c1c(C)cccc1C)C(=O)c1c(C)cc(C)cc1C. The monoisotopic (exact) mass is 356 g/mol. The molecule has 0 aliphatic carbocycles. The molecular weight excluding hydrogens is 331 g/mol. The van der Waals surface area contributed by atoms with E-state index in [0.29, 0.717) is 11.1 Å². The van der Waals surface area contributed by atoms with Gasteiger partial charge in [0.25, 0.3) is 0 Å². The Morgan fingerprint density at radius 2 is 1.20 bits per heavy atom. The summed E-state index contributed by atoms with van der Waals surface area (Å²) in [7, 11) is -3.73. The number of hydrogen-bond acceptors (Lipinski definition) is 3. The molecular formula is C21H25O3P. The number of aryl methyl sites for hydroxylation is 5. The quantitative estimate of drug-likeness (QED) is 0.656. The Hall–Kier alpha value is -1.99. The van der Waals surface area contributed by atoms with Gasteiger partial charge < -0.3 is 4.57 Å². The molecule has 3 nitrogen and oxygen atoms in total. The average molecular weight is 356 g/mol. The van der Waals surface area contributed by atoms with Gasteiger partial charge in [-0.15, -0.1) is 0 Å². The van der Waals surface area contributed by atoms with Crippen LogP contribution in [-0.2, 0) is 4.57 Å². The predicted molar refractivity (Wildman–Crippen MR) is 103 cm³/mol. The molecule has 0 aliphatic rings. The molecule has 0 spiro atoms. The van der Waals surface area contributed by atoms with Gasteiger partial charge in [0.05, 0.1) is 0 Å². The lowest BCUT2D eigenvalue weighted by Crippen LogP contribution is -2.16. The van der Waals surface area contributed by atoms with Crippen LogP contribution in [0.3, 0.4) is 0 Å². The highest BCUT2D eigenvalue weighted by Crippen LogP contribution is 2.53. The summed E-state index contributed by atoms with van der Waals surface area (Å²) in [5.41, 5.74) is 3.90. The van der Waals surface area contributed by atoms with Crippen LogP contribution in [0.5, 0.6) is 0 Å². The largest absolute Gasteiger partial charge is 0.307 e. The fourth-order valence-corrected chi connectivity index (χ4v) is 5.60. The second-order valence-corrected chi connectivity index (χ2v) is 9.63. The van der Waals surface area contributed by atoms with Gasteiger partial charge in [-0.3, -0.25) is 9.59 Å². The molecule has 25 heavy (non-hydrogen) atoms. The summed E-state index contributed by atoms with van der Waals surface area (Å²) in [6.45, 7) is 10.9. The zero-order valence-corrected chi connectivity index (χ0v) is 16.7. The van der Waals surface area contributed by atoms with Crippen LogP contribution >= 0.6 is 7.14 Å². The van der Waals surface area contributed by atoms with E-state index in [1.54, 1.807) is 6.92 Å². The van der Waals surface area contributed by atoms with Crippen molar-refractivity contribution in [2.75, 3.05) is 6.16 Å². The van der Waals surface area contributed by atoms with E-state index in [1.165, 1.54) is 0 Å². The van der Waals surface area contributed by atoms with Crippen LogP contribution in [0.4, 0.5) is 0 Å². The molecule has 0 heterocycles. The summed E-state index contributed by atoms with van der Waals surface area (Å²) < 4.78 is 13.6. The Kier molecular flexibility index (Phi) is 5.49. The van der Waals surface area contributed by atoms with Crippen LogP contribution in [0, 0.1) is 34.6 Å². The molecule has 0 aliphatic heterocycles. The molecule has 0 saturated heterocycles. The summed E-state index contributed by atoms with van der Waals surface area (Å²) in [5.74, 6) is 0. The molecule has 0 N–H and O–H groups in total. The first kappa shape index (κ1) is 19.3. The number of carbonyl (C=O) groups excluding carboxylic acids is 2. The molecule has 1 atom stereocenters. The van der Waals surface area contributed by atoms with E-state index in [0.717, 1.165) is 27.8 Å². The van der Waals surface area contributed by atoms with Gasteiger partial charge in [-0.05, 0) is 56.9 Å². The van der Waals surface area contributed by atoms with Gasteiger partial charge in [0, 0.05) is 17.3 Å².